The van der Waals surface area contributed by atoms with Gasteiger partial charge in [-0.3, -0.25) is 0 Å². The fraction of sp³-hybridized carbons (Fsp3) is 0.333. The number of rotatable bonds is 2. The Labute approximate surface area is 86.9 Å². The van der Waals surface area contributed by atoms with Gasteiger partial charge in [0.05, 0.1) is 6.42 Å². The predicted octanol–water partition coefficient (Wildman–Crippen LogP) is 0.264. The van der Waals surface area contributed by atoms with Crippen molar-refractivity contribution in [1.29, 1.82) is 0 Å². The Balaban J connectivity index is 2.22. The van der Waals surface area contributed by atoms with Gasteiger partial charge in [0.25, 0.3) is 0 Å². The van der Waals surface area contributed by atoms with E-state index >= 15 is 0 Å². The van der Waals surface area contributed by atoms with Crippen molar-refractivity contribution in [2.24, 2.45) is 0 Å². The molecule has 0 fully saturated rings. The first-order chi connectivity index (χ1) is 7.24. The Kier molecular flexibility index (Phi) is 2.57. The molecule has 0 radical (unpaired) electrons. The van der Waals surface area contributed by atoms with Gasteiger partial charge in [-0.2, -0.15) is 0 Å². The topological polar surface area (TPSA) is 77.3 Å². The van der Waals surface area contributed by atoms with E-state index in [0.717, 1.165) is 0 Å². The molecule has 0 saturated heterocycles. The summed E-state index contributed by atoms with van der Waals surface area (Å²) in [5, 5.41) is 0. The van der Waals surface area contributed by atoms with Crippen LogP contribution in [0.4, 0.5) is 0 Å². The predicted molar refractivity (Wildman–Crippen MR) is 51.9 cm³/mol. The molecule has 15 heavy (non-hydrogen) atoms. The molecule has 0 aromatic carbocycles. The van der Waals surface area contributed by atoms with E-state index in [1.54, 1.807) is 0 Å². The van der Waals surface area contributed by atoms with E-state index in [0.29, 0.717) is 29.7 Å². The Morgan fingerprint density at radius 3 is 1.67 bits per heavy atom. The molecular formula is C9H10N6. The molecule has 0 atom stereocenters. The molecule has 0 amide bonds. The van der Waals surface area contributed by atoms with Gasteiger partial charge in [-0.25, -0.2) is 29.9 Å². The number of hydrogen-bond donors (Lipinski definition) is 0. The van der Waals surface area contributed by atoms with E-state index < -0.39 is 0 Å². The third-order valence-corrected chi connectivity index (χ3v) is 1.80. The lowest BCUT2D eigenvalue weighted by Crippen LogP contribution is -2.04. The minimum absolute atomic E-state index is 0.507. The summed E-state index contributed by atoms with van der Waals surface area (Å²) in [5.41, 5.74) is 0. The molecule has 6 nitrogen and oxygen atoms in total. The molecule has 0 unspecified atom stereocenters. The first kappa shape index (κ1) is 9.57. The van der Waals surface area contributed by atoms with E-state index in [1.165, 1.54) is 12.7 Å². The molecule has 2 aromatic rings. The molecule has 0 spiro atoms. The van der Waals surface area contributed by atoms with Gasteiger partial charge >= 0.3 is 0 Å². The van der Waals surface area contributed by atoms with Crippen LogP contribution >= 0.6 is 0 Å². The summed E-state index contributed by atoms with van der Waals surface area (Å²) in [6.45, 7) is 3.65. The first-order valence-corrected chi connectivity index (χ1v) is 4.53. The van der Waals surface area contributed by atoms with Crippen molar-refractivity contribution in [3.63, 3.8) is 0 Å². The Morgan fingerprint density at radius 2 is 1.27 bits per heavy atom. The van der Waals surface area contributed by atoms with Crippen LogP contribution in [0.5, 0.6) is 0 Å². The molecule has 0 saturated carbocycles. The SMILES string of the molecule is Cc1ncnc(Cc2ncnc(C)n2)n1. The maximum atomic E-state index is 4.18. The summed E-state index contributed by atoms with van der Waals surface area (Å²) in [6.07, 6.45) is 3.49. The molecular weight excluding hydrogens is 192 g/mol. The minimum atomic E-state index is 0.507. The number of nitrogens with zero attached hydrogens (tertiary/aromatic N) is 6. The fourth-order valence-corrected chi connectivity index (χ4v) is 1.16. The standard InChI is InChI=1S/C9H10N6/c1-6-10-4-12-8(14-6)3-9-13-5-11-7(2)15-9/h4-5H,3H2,1-2H3. The summed E-state index contributed by atoms with van der Waals surface area (Å²) in [6, 6.07) is 0. The monoisotopic (exact) mass is 202 g/mol. The lowest BCUT2D eigenvalue weighted by atomic mass is 10.4. The average Bonchev–Trinajstić information content (AvgIpc) is 2.17. The summed E-state index contributed by atoms with van der Waals surface area (Å²) in [5.74, 6) is 2.75. The van der Waals surface area contributed by atoms with Crippen LogP contribution in [-0.4, -0.2) is 29.9 Å². The van der Waals surface area contributed by atoms with Crippen LogP contribution in [-0.2, 0) is 6.42 Å². The number of aromatic nitrogens is 6. The van der Waals surface area contributed by atoms with Gasteiger partial charge in [-0.05, 0) is 13.8 Å². The second-order valence-electron chi connectivity index (χ2n) is 3.07. The lowest BCUT2D eigenvalue weighted by Gasteiger charge is -1.99. The van der Waals surface area contributed by atoms with Gasteiger partial charge in [-0.1, -0.05) is 0 Å². The quantitative estimate of drug-likeness (QED) is 0.695. The maximum absolute atomic E-state index is 4.18. The Hall–Kier alpha value is -1.98. The van der Waals surface area contributed by atoms with Crippen molar-refractivity contribution >= 4 is 0 Å². The van der Waals surface area contributed by atoms with Gasteiger partial charge in [0.1, 0.15) is 36.0 Å². The smallest absolute Gasteiger partial charge is 0.139 e. The van der Waals surface area contributed by atoms with Crippen molar-refractivity contribution in [2.45, 2.75) is 20.3 Å². The number of aryl methyl sites for hydroxylation is 2. The minimum Gasteiger partial charge on any atom is -0.222 e. The zero-order chi connectivity index (χ0) is 10.7. The van der Waals surface area contributed by atoms with Crippen LogP contribution in [0.1, 0.15) is 23.3 Å². The largest absolute Gasteiger partial charge is 0.222 e. The molecule has 0 aliphatic rings. The van der Waals surface area contributed by atoms with Crippen molar-refractivity contribution in [1.82, 2.24) is 29.9 Å². The van der Waals surface area contributed by atoms with Crippen LogP contribution in [0.2, 0.25) is 0 Å². The Morgan fingerprint density at radius 1 is 0.800 bits per heavy atom. The Bertz CT molecular complexity index is 426. The lowest BCUT2D eigenvalue weighted by molar-refractivity contribution is 0.815. The molecule has 2 aromatic heterocycles. The van der Waals surface area contributed by atoms with E-state index in [-0.39, 0.29) is 0 Å². The zero-order valence-electron chi connectivity index (χ0n) is 8.55. The third kappa shape index (κ3) is 2.49. The van der Waals surface area contributed by atoms with Crippen molar-refractivity contribution in [3.8, 4) is 0 Å². The highest BCUT2D eigenvalue weighted by Crippen LogP contribution is 1.98. The molecule has 0 aliphatic carbocycles. The van der Waals surface area contributed by atoms with Gasteiger partial charge in [-0.15, -0.1) is 0 Å². The second-order valence-corrected chi connectivity index (χ2v) is 3.07. The fourth-order valence-electron chi connectivity index (χ4n) is 1.16. The van der Waals surface area contributed by atoms with Gasteiger partial charge < -0.3 is 0 Å². The van der Waals surface area contributed by atoms with Crippen molar-refractivity contribution < 1.29 is 0 Å². The van der Waals surface area contributed by atoms with Crippen LogP contribution in [0.25, 0.3) is 0 Å². The second kappa shape index (κ2) is 4.04. The number of hydrogen-bond acceptors (Lipinski definition) is 6. The van der Waals surface area contributed by atoms with Crippen LogP contribution in [0, 0.1) is 13.8 Å². The maximum Gasteiger partial charge on any atom is 0.139 e. The summed E-state index contributed by atoms with van der Waals surface area (Å²) < 4.78 is 0. The van der Waals surface area contributed by atoms with Gasteiger partial charge in [0.15, 0.2) is 0 Å². The summed E-state index contributed by atoms with van der Waals surface area (Å²) >= 11 is 0. The molecule has 0 aliphatic heterocycles. The van der Waals surface area contributed by atoms with E-state index in [1.807, 2.05) is 13.8 Å². The molecule has 0 N–H and O–H groups in total. The van der Waals surface area contributed by atoms with Gasteiger partial charge in [0.2, 0.25) is 0 Å². The molecule has 2 heterocycles. The first-order valence-electron chi connectivity index (χ1n) is 4.53. The zero-order valence-corrected chi connectivity index (χ0v) is 8.55. The van der Waals surface area contributed by atoms with Crippen molar-refractivity contribution in [3.05, 3.63) is 36.0 Å². The van der Waals surface area contributed by atoms with Crippen LogP contribution in [0.15, 0.2) is 12.7 Å². The van der Waals surface area contributed by atoms with E-state index in [4.69, 9.17) is 0 Å². The highest BCUT2D eigenvalue weighted by molar-refractivity contribution is 5.00. The van der Waals surface area contributed by atoms with Gasteiger partial charge in [0, 0.05) is 0 Å². The normalized spacial score (nSPS) is 10.3. The highest BCUT2D eigenvalue weighted by atomic mass is 15.0. The molecule has 2 rings (SSSR count). The molecule has 0 bridgehead atoms. The summed E-state index contributed by atoms with van der Waals surface area (Å²) in [4.78, 5) is 24.3. The molecule has 6 heteroatoms. The molecule has 76 valence electrons. The van der Waals surface area contributed by atoms with Crippen LogP contribution in [0.3, 0.4) is 0 Å². The van der Waals surface area contributed by atoms with E-state index in [9.17, 15) is 0 Å². The average molecular weight is 202 g/mol. The van der Waals surface area contributed by atoms with Crippen molar-refractivity contribution in [2.75, 3.05) is 0 Å². The summed E-state index contributed by atoms with van der Waals surface area (Å²) in [7, 11) is 0. The van der Waals surface area contributed by atoms with E-state index in [2.05, 4.69) is 29.9 Å². The highest BCUT2D eigenvalue weighted by Gasteiger charge is 2.02. The third-order valence-electron chi connectivity index (χ3n) is 1.80. The van der Waals surface area contributed by atoms with Crippen LogP contribution < -0.4 is 0 Å².